The van der Waals surface area contributed by atoms with Gasteiger partial charge in [0.15, 0.2) is 0 Å². The van der Waals surface area contributed by atoms with Crippen molar-refractivity contribution in [2.45, 2.75) is 43.7 Å². The molecule has 2 saturated heterocycles. The summed E-state index contributed by atoms with van der Waals surface area (Å²) in [5.41, 5.74) is 1.01. The molecule has 24 heavy (non-hydrogen) atoms. The van der Waals surface area contributed by atoms with Crippen molar-refractivity contribution in [2.75, 3.05) is 19.6 Å². The highest BCUT2D eigenvalue weighted by Gasteiger charge is 2.40. The van der Waals surface area contributed by atoms with Crippen LogP contribution in [0.2, 0.25) is 0 Å². The van der Waals surface area contributed by atoms with Gasteiger partial charge in [0.05, 0.1) is 30.7 Å². The van der Waals surface area contributed by atoms with Crippen LogP contribution in [0, 0.1) is 0 Å². The van der Waals surface area contributed by atoms with Crippen molar-refractivity contribution in [3.05, 3.63) is 18.1 Å². The normalized spacial score (nSPS) is 26.9. The van der Waals surface area contributed by atoms with Gasteiger partial charge in [-0.05, 0) is 12.8 Å². The third-order valence-corrected chi connectivity index (χ3v) is 4.92. The summed E-state index contributed by atoms with van der Waals surface area (Å²) in [5.74, 6) is 1.00. The van der Waals surface area contributed by atoms with Crippen LogP contribution in [0.3, 0.4) is 0 Å². The zero-order chi connectivity index (χ0) is 16.7. The van der Waals surface area contributed by atoms with Gasteiger partial charge in [0, 0.05) is 31.8 Å². The van der Waals surface area contributed by atoms with Crippen molar-refractivity contribution < 1.29 is 19.4 Å². The predicted octanol–water partition coefficient (Wildman–Crippen LogP) is 1.09. The van der Waals surface area contributed by atoms with Crippen LogP contribution in [0.1, 0.15) is 37.3 Å². The van der Waals surface area contributed by atoms with Crippen LogP contribution in [0.5, 0.6) is 5.88 Å². The van der Waals surface area contributed by atoms with E-state index >= 15 is 0 Å². The highest BCUT2D eigenvalue weighted by Crippen LogP contribution is 2.38. The number of hydrogen-bond donors (Lipinski definition) is 1. The second-order valence-corrected chi connectivity index (χ2v) is 6.71. The molecule has 0 radical (unpaired) electrons. The van der Waals surface area contributed by atoms with Crippen molar-refractivity contribution in [3.63, 3.8) is 0 Å². The molecule has 8 nitrogen and oxygen atoms in total. The fraction of sp³-hybridized carbons (Fsp3) is 0.625. The van der Waals surface area contributed by atoms with E-state index in [0.717, 1.165) is 5.69 Å². The lowest BCUT2D eigenvalue weighted by Crippen LogP contribution is -2.40. The van der Waals surface area contributed by atoms with Gasteiger partial charge < -0.3 is 19.6 Å². The highest BCUT2D eigenvalue weighted by molar-refractivity contribution is 5.78. The fourth-order valence-corrected chi connectivity index (χ4v) is 3.48. The monoisotopic (exact) mass is 332 g/mol. The summed E-state index contributed by atoms with van der Waals surface area (Å²) in [4.78, 5) is 35.2. The number of amides is 2. The lowest BCUT2D eigenvalue weighted by molar-refractivity contribution is -0.131. The Bertz CT molecular complexity index is 646. The van der Waals surface area contributed by atoms with Gasteiger partial charge in [0.2, 0.25) is 11.8 Å². The molecular formula is C16H20N4O4. The number of fused-ring (bicyclic) bond motifs is 1. The molecule has 128 valence electrons. The Labute approximate surface area is 139 Å². The molecule has 2 amide bonds. The summed E-state index contributed by atoms with van der Waals surface area (Å²) in [6.07, 6.45) is 5.45. The van der Waals surface area contributed by atoms with Crippen molar-refractivity contribution in [2.24, 2.45) is 0 Å². The van der Waals surface area contributed by atoms with E-state index in [4.69, 9.17) is 4.74 Å². The molecule has 1 saturated carbocycles. The summed E-state index contributed by atoms with van der Waals surface area (Å²) in [7, 11) is 0. The molecule has 3 heterocycles. The molecular weight excluding hydrogens is 312 g/mol. The Morgan fingerprint density at radius 2 is 2.08 bits per heavy atom. The maximum Gasteiger partial charge on any atom is 0.407 e. The SMILES string of the molecule is O=C(O)N1CCC(=O)N2CC(Oc3cnc(C4CC4)cn3)CC2C1. The molecule has 3 aliphatic rings. The maximum atomic E-state index is 12.2. The first-order chi connectivity index (χ1) is 11.6. The number of carbonyl (C=O) groups is 2. The van der Waals surface area contributed by atoms with Gasteiger partial charge >= 0.3 is 6.09 Å². The van der Waals surface area contributed by atoms with Crippen LogP contribution < -0.4 is 4.74 Å². The number of nitrogens with zero attached hydrogens (tertiary/aromatic N) is 4. The van der Waals surface area contributed by atoms with Gasteiger partial charge in [0.25, 0.3) is 0 Å². The first-order valence-electron chi connectivity index (χ1n) is 8.36. The van der Waals surface area contributed by atoms with E-state index in [0.29, 0.717) is 31.3 Å². The zero-order valence-electron chi connectivity index (χ0n) is 13.3. The second kappa shape index (κ2) is 5.92. The van der Waals surface area contributed by atoms with Gasteiger partial charge in [-0.1, -0.05) is 0 Å². The molecule has 1 aromatic heterocycles. The average molecular weight is 332 g/mol. The van der Waals surface area contributed by atoms with Gasteiger partial charge in [-0.2, -0.15) is 0 Å². The van der Waals surface area contributed by atoms with E-state index in [9.17, 15) is 14.7 Å². The first kappa shape index (κ1) is 15.2. The van der Waals surface area contributed by atoms with Crippen LogP contribution in [0.4, 0.5) is 4.79 Å². The predicted molar refractivity (Wildman–Crippen MR) is 82.8 cm³/mol. The second-order valence-electron chi connectivity index (χ2n) is 6.71. The Morgan fingerprint density at radius 1 is 1.25 bits per heavy atom. The third-order valence-electron chi connectivity index (χ3n) is 4.92. The Kier molecular flexibility index (Phi) is 3.74. The standard InChI is InChI=1S/C16H20N4O4/c21-15-3-4-19(16(22)23)8-11-5-12(9-20(11)15)24-14-7-17-13(6-18-14)10-1-2-10/h6-7,10-12H,1-5,8-9H2,(H,22,23). The lowest BCUT2D eigenvalue weighted by Gasteiger charge is -2.23. The average Bonchev–Trinajstić information content (AvgIpc) is 3.35. The fourth-order valence-electron chi connectivity index (χ4n) is 3.48. The molecule has 0 aromatic carbocycles. The van der Waals surface area contributed by atoms with Crippen LogP contribution in [0.25, 0.3) is 0 Å². The number of carboxylic acid groups (broad SMARTS) is 1. The molecule has 0 spiro atoms. The lowest BCUT2D eigenvalue weighted by atomic mass is 10.2. The Morgan fingerprint density at radius 3 is 2.75 bits per heavy atom. The number of carbonyl (C=O) groups excluding carboxylic acids is 1. The molecule has 2 unspecified atom stereocenters. The van der Waals surface area contributed by atoms with Gasteiger partial charge in [0.1, 0.15) is 6.10 Å². The third kappa shape index (κ3) is 3.00. The largest absolute Gasteiger partial charge is 0.471 e. The van der Waals surface area contributed by atoms with Crippen LogP contribution in [-0.2, 0) is 4.79 Å². The number of hydrogen-bond acceptors (Lipinski definition) is 5. The molecule has 2 aliphatic heterocycles. The van der Waals surface area contributed by atoms with E-state index in [1.165, 1.54) is 17.7 Å². The minimum atomic E-state index is -0.976. The molecule has 1 N–H and O–H groups in total. The van der Waals surface area contributed by atoms with E-state index in [1.54, 1.807) is 17.3 Å². The van der Waals surface area contributed by atoms with Crippen LogP contribution in [0.15, 0.2) is 12.4 Å². The van der Waals surface area contributed by atoms with Crippen LogP contribution in [-0.4, -0.2) is 68.7 Å². The zero-order valence-corrected chi connectivity index (χ0v) is 13.3. The summed E-state index contributed by atoms with van der Waals surface area (Å²) < 4.78 is 5.87. The van der Waals surface area contributed by atoms with Crippen molar-refractivity contribution in [3.8, 4) is 5.88 Å². The summed E-state index contributed by atoms with van der Waals surface area (Å²) in [5, 5.41) is 9.19. The van der Waals surface area contributed by atoms with E-state index < -0.39 is 6.09 Å². The first-order valence-corrected chi connectivity index (χ1v) is 8.36. The quantitative estimate of drug-likeness (QED) is 0.890. The van der Waals surface area contributed by atoms with E-state index in [-0.39, 0.29) is 31.0 Å². The van der Waals surface area contributed by atoms with Crippen molar-refractivity contribution >= 4 is 12.0 Å². The van der Waals surface area contributed by atoms with Crippen molar-refractivity contribution in [1.82, 2.24) is 19.8 Å². The number of ether oxygens (including phenoxy) is 1. The van der Waals surface area contributed by atoms with E-state index in [2.05, 4.69) is 9.97 Å². The van der Waals surface area contributed by atoms with Gasteiger partial charge in [-0.25, -0.2) is 9.78 Å². The molecule has 4 rings (SSSR count). The summed E-state index contributed by atoms with van der Waals surface area (Å²) in [6, 6.07) is -0.125. The summed E-state index contributed by atoms with van der Waals surface area (Å²) >= 11 is 0. The molecule has 1 aromatic rings. The minimum absolute atomic E-state index is 0.00924. The molecule has 8 heteroatoms. The maximum absolute atomic E-state index is 12.2. The minimum Gasteiger partial charge on any atom is -0.471 e. The molecule has 0 bridgehead atoms. The number of aromatic nitrogens is 2. The molecule has 1 aliphatic carbocycles. The highest BCUT2D eigenvalue weighted by atomic mass is 16.5. The van der Waals surface area contributed by atoms with Gasteiger partial charge in [-0.3, -0.25) is 9.78 Å². The van der Waals surface area contributed by atoms with Crippen molar-refractivity contribution in [1.29, 1.82) is 0 Å². The topological polar surface area (TPSA) is 95.9 Å². The Hall–Kier alpha value is -2.38. The van der Waals surface area contributed by atoms with Gasteiger partial charge in [-0.15, -0.1) is 0 Å². The van der Waals surface area contributed by atoms with Crippen LogP contribution >= 0.6 is 0 Å². The Balaban J connectivity index is 1.41. The number of rotatable bonds is 3. The smallest absolute Gasteiger partial charge is 0.407 e. The molecule has 2 atom stereocenters. The van der Waals surface area contributed by atoms with E-state index in [1.807, 2.05) is 0 Å². The summed E-state index contributed by atoms with van der Waals surface area (Å²) in [6.45, 7) is 1.08. The molecule has 3 fully saturated rings.